The average molecular weight is 480 g/mol. The second-order valence-corrected chi connectivity index (χ2v) is 7.04. The van der Waals surface area contributed by atoms with Crippen molar-refractivity contribution >= 4 is 45.7 Å². The summed E-state index contributed by atoms with van der Waals surface area (Å²) in [6, 6.07) is 0. The van der Waals surface area contributed by atoms with Crippen LogP contribution < -0.4 is 21.5 Å². The molecule has 1 aliphatic rings. The van der Waals surface area contributed by atoms with Crippen LogP contribution in [0.25, 0.3) is 0 Å². The number of nitrogens with zero attached hydrogens (tertiary/aromatic N) is 3. The quantitative estimate of drug-likeness (QED) is 0.247. The van der Waals surface area contributed by atoms with E-state index < -0.39 is 0 Å². The maximum absolute atomic E-state index is 2.50. The Morgan fingerprint density at radius 3 is 2.00 bits per heavy atom. The molecular formula is C4H9I3N3-. The predicted octanol–water partition coefficient (Wildman–Crippen LogP) is -1.89. The predicted molar refractivity (Wildman–Crippen MR) is 54.1 cm³/mol. The summed E-state index contributed by atoms with van der Waals surface area (Å²) in [4.78, 5) is 2.30. The van der Waals surface area contributed by atoms with E-state index in [0.29, 0.717) is 0 Å². The molecule has 0 aromatic heterocycles. The van der Waals surface area contributed by atoms with Gasteiger partial charge < -0.3 is 0 Å². The van der Waals surface area contributed by atoms with E-state index in [4.69, 9.17) is 0 Å². The van der Waals surface area contributed by atoms with Crippen molar-refractivity contribution in [3.63, 3.8) is 0 Å². The van der Waals surface area contributed by atoms with Crippen LogP contribution >= 0.6 is 45.7 Å². The van der Waals surface area contributed by atoms with Gasteiger partial charge in [0.25, 0.3) is 0 Å². The van der Waals surface area contributed by atoms with Gasteiger partial charge in [0.1, 0.15) is 0 Å². The average Bonchev–Trinajstić information content (AvgIpc) is 1.85. The number of alkyl halides is 1. The molecule has 6 heteroatoms. The zero-order valence-electron chi connectivity index (χ0n) is 5.60. The van der Waals surface area contributed by atoms with Gasteiger partial charge in [0.2, 0.25) is 0 Å². The molecule has 10 heavy (non-hydrogen) atoms. The molecule has 1 rings (SSSR count). The molecule has 1 heterocycles. The van der Waals surface area contributed by atoms with Crippen LogP contribution in [0.3, 0.4) is 0 Å². The summed E-state index contributed by atoms with van der Waals surface area (Å²) < 4.78 is 7.11. The van der Waals surface area contributed by atoms with Gasteiger partial charge in [-0.15, -0.1) is 0 Å². The second-order valence-electron chi connectivity index (χ2n) is 1.98. The number of halogens is 3. The van der Waals surface area contributed by atoms with Gasteiger partial charge in [-0.05, 0) is 0 Å². The van der Waals surface area contributed by atoms with Gasteiger partial charge in [-0.25, -0.2) is 0 Å². The zero-order chi connectivity index (χ0) is 7.56. The van der Waals surface area contributed by atoms with Gasteiger partial charge in [0.05, 0.1) is 0 Å². The fraction of sp³-hybridized carbons (Fsp3) is 1.00. The Kier molecular flexibility index (Phi) is 5.02. The summed E-state index contributed by atoms with van der Waals surface area (Å²) in [7, 11) is 0. The number of rotatable bonds is 1. The number of hydrogen-bond donors (Lipinski definition) is 0. The van der Waals surface area contributed by atoms with Crippen LogP contribution in [0.15, 0.2) is 0 Å². The van der Waals surface area contributed by atoms with Gasteiger partial charge in [0, 0.05) is 0 Å². The van der Waals surface area contributed by atoms with E-state index in [2.05, 4.69) is 60.0 Å². The second kappa shape index (κ2) is 4.94. The topological polar surface area (TPSA) is 9.72 Å². The third-order valence-electron chi connectivity index (χ3n) is 1.16. The van der Waals surface area contributed by atoms with Gasteiger partial charge in [0.15, 0.2) is 0 Å². The van der Waals surface area contributed by atoms with Crippen LogP contribution in [0.1, 0.15) is 0 Å². The summed E-state index contributed by atoms with van der Waals surface area (Å²) in [6.07, 6.45) is 0. The molecule has 0 amide bonds. The summed E-state index contributed by atoms with van der Waals surface area (Å²) >= 11 is 5.02. The van der Waals surface area contributed by atoms with Crippen molar-refractivity contribution in [1.82, 2.24) is 9.34 Å². The van der Waals surface area contributed by atoms with Crippen molar-refractivity contribution in [2.75, 3.05) is 24.9 Å². The van der Waals surface area contributed by atoms with Gasteiger partial charge in [-0.1, -0.05) is 0 Å². The molecule has 1 saturated heterocycles. The number of hydrogen-bond acceptors (Lipinski definition) is 3. The van der Waals surface area contributed by atoms with Crippen molar-refractivity contribution in [3.8, 4) is 0 Å². The Labute approximate surface area is 100 Å². The Hall–Kier alpha value is 2.07. The molecule has 0 aliphatic carbocycles. The van der Waals surface area contributed by atoms with Crippen molar-refractivity contribution in [2.45, 2.75) is 0 Å². The van der Waals surface area contributed by atoms with Gasteiger partial charge in [-0.2, -0.15) is 0 Å². The first-order valence-electron chi connectivity index (χ1n) is 2.78. The van der Waals surface area contributed by atoms with E-state index in [1.165, 1.54) is 0 Å². The summed E-state index contributed by atoms with van der Waals surface area (Å²) in [5, 5.41) is 0. The molecule has 0 atom stereocenters. The summed E-state index contributed by atoms with van der Waals surface area (Å²) in [5.74, 6) is 0. The van der Waals surface area contributed by atoms with Crippen LogP contribution in [0.5, 0.6) is 0 Å². The standard InChI is InChI=1S/C4H9I3N3/c1-7-10-3-8(5)2-9(6)4-10/h2-4H2,1H3/q-1. The zero-order valence-corrected chi connectivity index (χ0v) is 12.1. The van der Waals surface area contributed by atoms with E-state index in [1.54, 1.807) is 0 Å². The SMILES string of the molecule is C[I-]N1CN(I)CN(I)C1. The van der Waals surface area contributed by atoms with E-state index in [0.717, 1.165) is 20.0 Å². The van der Waals surface area contributed by atoms with Crippen LogP contribution in [0.4, 0.5) is 0 Å². The minimum atomic E-state index is 0.272. The fourth-order valence-electron chi connectivity index (χ4n) is 0.741. The molecule has 0 unspecified atom stereocenters. The van der Waals surface area contributed by atoms with Crippen molar-refractivity contribution in [1.29, 1.82) is 0 Å². The molecule has 0 saturated carbocycles. The molecule has 0 N–H and O–H groups in total. The normalized spacial score (nSPS) is 25.9. The van der Waals surface area contributed by atoms with E-state index >= 15 is 0 Å². The molecule has 62 valence electrons. The monoisotopic (exact) mass is 480 g/mol. The third-order valence-corrected chi connectivity index (χ3v) is 4.35. The molecular weight excluding hydrogens is 471 g/mol. The van der Waals surface area contributed by atoms with Crippen molar-refractivity contribution in [2.24, 2.45) is 0 Å². The molecule has 0 aromatic carbocycles. The Balaban J connectivity index is 2.35. The molecule has 0 bridgehead atoms. The van der Waals surface area contributed by atoms with Crippen LogP contribution in [0.2, 0.25) is 0 Å². The fourth-order valence-corrected chi connectivity index (χ4v) is 5.31. The molecule has 0 spiro atoms. The maximum atomic E-state index is 2.50. The van der Waals surface area contributed by atoms with E-state index in [9.17, 15) is 0 Å². The molecule has 0 radical (unpaired) electrons. The first kappa shape index (κ1) is 10.2. The van der Waals surface area contributed by atoms with Crippen molar-refractivity contribution in [3.05, 3.63) is 0 Å². The first-order chi connectivity index (χ1) is 4.72. The molecule has 3 nitrogen and oxygen atoms in total. The Bertz CT molecular complexity index is 102. The molecule has 0 aromatic rings. The minimum absolute atomic E-state index is 0.272. The third kappa shape index (κ3) is 3.21. The molecule has 1 aliphatic heterocycles. The van der Waals surface area contributed by atoms with Crippen LogP contribution in [-0.2, 0) is 0 Å². The van der Waals surface area contributed by atoms with Crippen LogP contribution in [-0.4, -0.2) is 34.3 Å². The van der Waals surface area contributed by atoms with Crippen molar-refractivity contribution < 1.29 is 21.5 Å². The summed E-state index contributed by atoms with van der Waals surface area (Å²) in [6.45, 7) is 3.37. The Morgan fingerprint density at radius 2 is 1.60 bits per heavy atom. The van der Waals surface area contributed by atoms with E-state index in [1.807, 2.05) is 0 Å². The van der Waals surface area contributed by atoms with Gasteiger partial charge in [-0.3, -0.25) is 0 Å². The first-order valence-corrected chi connectivity index (χ1v) is 7.83. The summed E-state index contributed by atoms with van der Waals surface area (Å²) in [5.41, 5.74) is 0. The van der Waals surface area contributed by atoms with Crippen LogP contribution in [0, 0.1) is 0 Å². The molecule has 1 fully saturated rings. The Morgan fingerprint density at radius 1 is 1.10 bits per heavy atom. The van der Waals surface area contributed by atoms with Gasteiger partial charge >= 0.3 is 101 Å². The van der Waals surface area contributed by atoms with E-state index in [-0.39, 0.29) is 21.5 Å².